The van der Waals surface area contributed by atoms with E-state index in [1.165, 1.54) is 13.2 Å². The van der Waals surface area contributed by atoms with Gasteiger partial charge in [-0.1, -0.05) is 6.07 Å². The SMILES string of the molecule is COC(=O)c1cccc(NC(=O)Cc2ccncc2)c1NC(=O)CC#N. The second kappa shape index (κ2) is 8.94. The van der Waals surface area contributed by atoms with Crippen molar-refractivity contribution in [3.63, 3.8) is 0 Å². The smallest absolute Gasteiger partial charge is 0.340 e. The van der Waals surface area contributed by atoms with E-state index in [2.05, 4.69) is 15.6 Å². The van der Waals surface area contributed by atoms with Gasteiger partial charge in [0.1, 0.15) is 6.42 Å². The minimum Gasteiger partial charge on any atom is -0.465 e. The van der Waals surface area contributed by atoms with E-state index in [4.69, 9.17) is 10.00 Å². The van der Waals surface area contributed by atoms with Crippen molar-refractivity contribution in [1.82, 2.24) is 4.98 Å². The van der Waals surface area contributed by atoms with Gasteiger partial charge in [-0.25, -0.2) is 4.79 Å². The largest absolute Gasteiger partial charge is 0.465 e. The number of aromatic nitrogens is 1. The summed E-state index contributed by atoms with van der Waals surface area (Å²) in [5.41, 5.74) is 1.15. The summed E-state index contributed by atoms with van der Waals surface area (Å²) in [7, 11) is 1.21. The molecule has 2 amide bonds. The van der Waals surface area contributed by atoms with Gasteiger partial charge in [0, 0.05) is 12.4 Å². The molecule has 1 heterocycles. The first-order valence-electron chi connectivity index (χ1n) is 7.62. The molecule has 132 valence electrons. The van der Waals surface area contributed by atoms with Crippen molar-refractivity contribution in [1.29, 1.82) is 5.26 Å². The summed E-state index contributed by atoms with van der Waals surface area (Å²) in [6.45, 7) is 0. The Kier molecular flexibility index (Phi) is 6.40. The normalized spacial score (nSPS) is 9.69. The molecule has 0 bridgehead atoms. The van der Waals surface area contributed by atoms with Crippen LogP contribution in [-0.4, -0.2) is 29.9 Å². The highest BCUT2D eigenvalue weighted by molar-refractivity contribution is 6.08. The number of pyridine rings is 1. The lowest BCUT2D eigenvalue weighted by Crippen LogP contribution is -2.20. The molecule has 0 saturated heterocycles. The molecule has 1 aromatic heterocycles. The van der Waals surface area contributed by atoms with E-state index in [1.54, 1.807) is 42.7 Å². The predicted molar refractivity (Wildman–Crippen MR) is 93.2 cm³/mol. The predicted octanol–water partition coefficient (Wildman–Crippen LogP) is 1.90. The molecule has 8 nitrogen and oxygen atoms in total. The molecule has 0 saturated carbocycles. The third-order valence-electron chi connectivity index (χ3n) is 3.36. The molecule has 0 unspecified atom stereocenters. The number of carbonyl (C=O) groups is 3. The van der Waals surface area contributed by atoms with Crippen LogP contribution in [0.5, 0.6) is 0 Å². The van der Waals surface area contributed by atoms with Crippen molar-refractivity contribution in [3.05, 3.63) is 53.9 Å². The first-order chi connectivity index (χ1) is 12.5. The van der Waals surface area contributed by atoms with Gasteiger partial charge in [0.25, 0.3) is 0 Å². The number of methoxy groups -OCH3 is 1. The monoisotopic (exact) mass is 352 g/mol. The maximum absolute atomic E-state index is 12.3. The first kappa shape index (κ1) is 18.6. The van der Waals surface area contributed by atoms with Crippen LogP contribution < -0.4 is 10.6 Å². The maximum Gasteiger partial charge on any atom is 0.340 e. The molecule has 0 aliphatic heterocycles. The van der Waals surface area contributed by atoms with E-state index in [1.807, 2.05) is 0 Å². The highest BCUT2D eigenvalue weighted by atomic mass is 16.5. The highest BCUT2D eigenvalue weighted by Gasteiger charge is 2.19. The molecule has 0 aliphatic rings. The zero-order chi connectivity index (χ0) is 18.9. The van der Waals surface area contributed by atoms with E-state index in [0.717, 1.165) is 5.56 Å². The molecule has 2 aromatic rings. The van der Waals surface area contributed by atoms with Crippen LogP contribution in [0.25, 0.3) is 0 Å². The van der Waals surface area contributed by atoms with Gasteiger partial charge in [-0.3, -0.25) is 14.6 Å². The number of amides is 2. The second-order valence-corrected chi connectivity index (χ2v) is 5.18. The Labute approximate surface area is 149 Å². The Morgan fingerprint density at radius 2 is 1.85 bits per heavy atom. The van der Waals surface area contributed by atoms with Gasteiger partial charge in [-0.2, -0.15) is 5.26 Å². The van der Waals surface area contributed by atoms with Gasteiger partial charge >= 0.3 is 5.97 Å². The van der Waals surface area contributed by atoms with Crippen molar-refractivity contribution >= 4 is 29.2 Å². The Morgan fingerprint density at radius 1 is 1.12 bits per heavy atom. The number of para-hydroxylation sites is 1. The zero-order valence-corrected chi connectivity index (χ0v) is 14.0. The fourth-order valence-electron chi connectivity index (χ4n) is 2.21. The number of nitrogens with zero attached hydrogens (tertiary/aromatic N) is 2. The van der Waals surface area contributed by atoms with E-state index < -0.39 is 11.9 Å². The lowest BCUT2D eigenvalue weighted by atomic mass is 10.1. The minimum atomic E-state index is -0.678. The van der Waals surface area contributed by atoms with Crippen molar-refractivity contribution in [2.45, 2.75) is 12.8 Å². The number of hydrogen-bond acceptors (Lipinski definition) is 6. The van der Waals surface area contributed by atoms with E-state index in [0.29, 0.717) is 0 Å². The van der Waals surface area contributed by atoms with Crippen molar-refractivity contribution < 1.29 is 19.1 Å². The molecule has 2 rings (SSSR count). The molecule has 1 aromatic carbocycles. The van der Waals surface area contributed by atoms with Crippen LogP contribution in [0.15, 0.2) is 42.7 Å². The Bertz CT molecular complexity index is 859. The van der Waals surface area contributed by atoms with Crippen molar-refractivity contribution in [3.8, 4) is 6.07 Å². The second-order valence-electron chi connectivity index (χ2n) is 5.18. The first-order valence-corrected chi connectivity index (χ1v) is 7.62. The standard InChI is InChI=1S/C18H16N4O4/c1-26-18(25)13-3-2-4-14(17(13)22-15(23)5-8-19)21-16(24)11-12-6-9-20-10-7-12/h2-4,6-7,9-10H,5,11H2,1H3,(H,21,24)(H,22,23). The molecular formula is C18H16N4O4. The summed E-state index contributed by atoms with van der Waals surface area (Å²) >= 11 is 0. The third kappa shape index (κ3) is 4.88. The van der Waals surface area contributed by atoms with Gasteiger partial charge < -0.3 is 15.4 Å². The van der Waals surface area contributed by atoms with Crippen LogP contribution in [0.3, 0.4) is 0 Å². The quantitative estimate of drug-likeness (QED) is 0.766. The molecule has 8 heteroatoms. The fraction of sp³-hybridized carbons (Fsp3) is 0.167. The summed E-state index contributed by atoms with van der Waals surface area (Å²) in [6, 6.07) is 9.68. The Hall–Kier alpha value is -3.73. The van der Waals surface area contributed by atoms with Gasteiger partial charge in [0.05, 0.1) is 36.5 Å². The number of ether oxygens (including phenoxy) is 1. The highest BCUT2D eigenvalue weighted by Crippen LogP contribution is 2.27. The lowest BCUT2D eigenvalue weighted by Gasteiger charge is -2.15. The number of nitrogens with one attached hydrogen (secondary N) is 2. The van der Waals surface area contributed by atoms with Crippen LogP contribution in [0.1, 0.15) is 22.3 Å². The summed E-state index contributed by atoms with van der Waals surface area (Å²) in [4.78, 5) is 39.9. The summed E-state index contributed by atoms with van der Waals surface area (Å²) in [6.07, 6.45) is 2.86. The summed E-state index contributed by atoms with van der Waals surface area (Å²) in [5.74, 6) is -1.62. The van der Waals surface area contributed by atoms with Gasteiger partial charge in [0.15, 0.2) is 0 Å². The van der Waals surface area contributed by atoms with Crippen molar-refractivity contribution in [2.75, 3.05) is 17.7 Å². The Morgan fingerprint density at radius 3 is 2.50 bits per heavy atom. The van der Waals surface area contributed by atoms with Gasteiger partial charge in [-0.05, 0) is 29.8 Å². The van der Waals surface area contributed by atoms with Crippen LogP contribution in [0, 0.1) is 11.3 Å². The van der Waals surface area contributed by atoms with Crippen LogP contribution >= 0.6 is 0 Å². The number of rotatable bonds is 6. The summed E-state index contributed by atoms with van der Waals surface area (Å²) in [5, 5.41) is 13.8. The molecule has 0 spiro atoms. The minimum absolute atomic E-state index is 0.0699. The Balaban J connectivity index is 2.28. The lowest BCUT2D eigenvalue weighted by molar-refractivity contribution is -0.116. The number of esters is 1. The molecule has 0 radical (unpaired) electrons. The molecule has 2 N–H and O–H groups in total. The third-order valence-corrected chi connectivity index (χ3v) is 3.36. The number of benzene rings is 1. The van der Waals surface area contributed by atoms with Crippen LogP contribution in [0.2, 0.25) is 0 Å². The molecular weight excluding hydrogens is 336 g/mol. The fourth-order valence-corrected chi connectivity index (χ4v) is 2.21. The van der Waals surface area contributed by atoms with Gasteiger partial charge in [-0.15, -0.1) is 0 Å². The number of anilines is 2. The number of carbonyl (C=O) groups excluding carboxylic acids is 3. The molecule has 0 atom stereocenters. The average molecular weight is 352 g/mol. The van der Waals surface area contributed by atoms with E-state index in [9.17, 15) is 14.4 Å². The van der Waals surface area contributed by atoms with Gasteiger partial charge in [0.2, 0.25) is 11.8 Å². The topological polar surface area (TPSA) is 121 Å². The average Bonchev–Trinajstić information content (AvgIpc) is 2.63. The van der Waals surface area contributed by atoms with Crippen LogP contribution in [0.4, 0.5) is 11.4 Å². The number of nitriles is 1. The van der Waals surface area contributed by atoms with Crippen LogP contribution in [-0.2, 0) is 20.7 Å². The van der Waals surface area contributed by atoms with E-state index in [-0.39, 0.29) is 35.7 Å². The van der Waals surface area contributed by atoms with Crippen molar-refractivity contribution in [2.24, 2.45) is 0 Å². The molecule has 26 heavy (non-hydrogen) atoms. The number of hydrogen-bond donors (Lipinski definition) is 2. The molecule has 0 fully saturated rings. The maximum atomic E-state index is 12.3. The van der Waals surface area contributed by atoms with E-state index >= 15 is 0 Å². The molecule has 0 aliphatic carbocycles. The zero-order valence-electron chi connectivity index (χ0n) is 14.0. The summed E-state index contributed by atoms with van der Waals surface area (Å²) < 4.78 is 4.70.